The largest absolute Gasteiger partial charge is 0.352 e. The molecule has 2 aromatic heterocycles. The Hall–Kier alpha value is -2.45. The van der Waals surface area contributed by atoms with Gasteiger partial charge in [-0.05, 0) is 25.0 Å². The number of carbonyl (C=O) groups is 1. The van der Waals surface area contributed by atoms with E-state index in [2.05, 4.69) is 20.3 Å². The van der Waals surface area contributed by atoms with Crippen molar-refractivity contribution in [2.75, 3.05) is 11.9 Å². The highest BCUT2D eigenvalue weighted by atomic mass is 31.1. The molecule has 1 fully saturated rings. The van der Waals surface area contributed by atoms with Crippen molar-refractivity contribution in [2.24, 2.45) is 0 Å². The number of amides is 1. The molecule has 0 spiro atoms. The second-order valence-electron chi connectivity index (χ2n) is 6.06. The van der Waals surface area contributed by atoms with Crippen LogP contribution in [0.2, 0.25) is 0 Å². The Kier molecular flexibility index (Phi) is 5.35. The number of carbonyl (C=O) groups excluding carboxylic acids is 1. The third kappa shape index (κ3) is 3.81. The zero-order valence-electron chi connectivity index (χ0n) is 14.3. The number of fused-ring (bicyclic) bond motifs is 1. The molecule has 2 N–H and O–H groups in total. The number of imidazole rings is 1. The molecule has 27 heavy (non-hydrogen) atoms. The van der Waals surface area contributed by atoms with Crippen molar-refractivity contribution in [1.29, 1.82) is 0 Å². The molecule has 9 nitrogen and oxygen atoms in total. The fourth-order valence-electron chi connectivity index (χ4n) is 3.07. The van der Waals surface area contributed by atoms with Crippen LogP contribution >= 0.6 is 9.03 Å². The number of aromatic nitrogens is 4. The number of rotatable bonds is 6. The lowest BCUT2D eigenvalue weighted by molar-refractivity contribution is -0.0147. The van der Waals surface area contributed by atoms with Gasteiger partial charge in [-0.2, -0.15) is 0 Å². The van der Waals surface area contributed by atoms with Gasteiger partial charge in [0.15, 0.2) is 26.0 Å². The van der Waals surface area contributed by atoms with Crippen molar-refractivity contribution < 1.29 is 18.9 Å². The van der Waals surface area contributed by atoms with Crippen LogP contribution in [-0.2, 0) is 9.26 Å². The molecule has 3 atom stereocenters. The number of hydrogen-bond acceptors (Lipinski definition) is 7. The van der Waals surface area contributed by atoms with Crippen molar-refractivity contribution in [2.45, 2.75) is 25.2 Å². The fourth-order valence-corrected chi connectivity index (χ4v) is 3.33. The van der Waals surface area contributed by atoms with Crippen LogP contribution in [0.1, 0.15) is 29.4 Å². The van der Waals surface area contributed by atoms with Crippen molar-refractivity contribution in [3.05, 3.63) is 48.5 Å². The van der Waals surface area contributed by atoms with Gasteiger partial charge in [-0.25, -0.2) is 15.0 Å². The summed E-state index contributed by atoms with van der Waals surface area (Å²) in [5, 5.41) is 2.79. The lowest BCUT2D eigenvalue weighted by Crippen LogP contribution is -2.15. The van der Waals surface area contributed by atoms with Crippen LogP contribution in [0.15, 0.2) is 43.0 Å². The second kappa shape index (κ2) is 8.06. The Bertz CT molecular complexity index is 935. The van der Waals surface area contributed by atoms with Crippen LogP contribution < -0.4 is 5.32 Å². The molecule has 0 saturated carbocycles. The zero-order chi connectivity index (χ0) is 18.6. The molecule has 0 aliphatic carbocycles. The zero-order valence-corrected chi connectivity index (χ0v) is 15.3. The lowest BCUT2D eigenvalue weighted by atomic mass is 10.2. The van der Waals surface area contributed by atoms with Crippen molar-refractivity contribution in [3.63, 3.8) is 0 Å². The van der Waals surface area contributed by atoms with E-state index < -0.39 is 9.03 Å². The first kappa shape index (κ1) is 17.9. The van der Waals surface area contributed by atoms with Gasteiger partial charge < -0.3 is 19.5 Å². The number of ether oxygens (including phenoxy) is 1. The maximum atomic E-state index is 12.4. The SMILES string of the molecule is O=C(Nc1ncnc2c1ncn2C1CCC(COPO)O1)c1ccccc1. The smallest absolute Gasteiger partial charge is 0.256 e. The van der Waals surface area contributed by atoms with Crippen LogP contribution in [0.4, 0.5) is 5.82 Å². The molecule has 10 heteroatoms. The Morgan fingerprint density at radius 1 is 1.30 bits per heavy atom. The molecule has 1 aromatic carbocycles. The predicted molar refractivity (Wildman–Crippen MR) is 99.3 cm³/mol. The Morgan fingerprint density at radius 3 is 2.96 bits per heavy atom. The minimum atomic E-state index is -0.543. The molecular formula is C17H18N5O4P. The first-order valence-corrected chi connectivity index (χ1v) is 9.32. The highest BCUT2D eigenvalue weighted by molar-refractivity contribution is 7.24. The summed E-state index contributed by atoms with van der Waals surface area (Å²) in [4.78, 5) is 34.0. The number of hydrogen-bond donors (Lipinski definition) is 2. The Labute approximate surface area is 156 Å². The van der Waals surface area contributed by atoms with E-state index in [1.165, 1.54) is 6.33 Å². The first-order valence-electron chi connectivity index (χ1n) is 8.46. The number of anilines is 1. The number of benzene rings is 1. The summed E-state index contributed by atoms with van der Waals surface area (Å²) in [6.07, 6.45) is 4.33. The summed E-state index contributed by atoms with van der Waals surface area (Å²) in [7, 11) is -0.543. The molecule has 3 unspecified atom stereocenters. The van der Waals surface area contributed by atoms with Crippen LogP contribution in [0, 0.1) is 0 Å². The molecule has 0 bridgehead atoms. The standard InChI is InChI=1S/C17H18N5O4P/c23-17(11-4-2-1-3-5-11)21-15-14-16(19-9-18-15)22(10-20-14)13-7-6-12(26-13)8-25-27-24/h1-5,9-10,12-13,24,27H,6-8H2,(H,18,19,21,23). The van der Waals surface area contributed by atoms with Gasteiger partial charge in [0.2, 0.25) is 0 Å². The van der Waals surface area contributed by atoms with Gasteiger partial charge in [-0.1, -0.05) is 18.2 Å². The van der Waals surface area contributed by atoms with E-state index in [-0.39, 0.29) is 18.2 Å². The molecule has 1 amide bonds. The van der Waals surface area contributed by atoms with E-state index >= 15 is 0 Å². The molecule has 3 aromatic rings. The molecule has 1 saturated heterocycles. The van der Waals surface area contributed by atoms with Crippen LogP contribution in [0.25, 0.3) is 11.2 Å². The summed E-state index contributed by atoms with van der Waals surface area (Å²) in [5.74, 6) is 0.0938. The molecular weight excluding hydrogens is 369 g/mol. The van der Waals surface area contributed by atoms with Crippen LogP contribution in [0.5, 0.6) is 0 Å². The first-order chi connectivity index (χ1) is 13.3. The van der Waals surface area contributed by atoms with Crippen molar-refractivity contribution in [1.82, 2.24) is 19.5 Å². The fraction of sp³-hybridized carbons (Fsp3) is 0.294. The normalized spacial score (nSPS) is 19.9. The van der Waals surface area contributed by atoms with Gasteiger partial charge in [0.05, 0.1) is 19.0 Å². The third-order valence-electron chi connectivity index (χ3n) is 4.36. The topological polar surface area (TPSA) is 111 Å². The van der Waals surface area contributed by atoms with Crippen LogP contribution in [0.3, 0.4) is 0 Å². The monoisotopic (exact) mass is 387 g/mol. The lowest BCUT2D eigenvalue weighted by Gasteiger charge is -2.15. The number of nitrogens with zero attached hydrogens (tertiary/aromatic N) is 4. The van der Waals surface area contributed by atoms with E-state index in [1.807, 2.05) is 10.6 Å². The summed E-state index contributed by atoms with van der Waals surface area (Å²) < 4.78 is 12.8. The Morgan fingerprint density at radius 2 is 2.15 bits per heavy atom. The van der Waals surface area contributed by atoms with E-state index in [1.54, 1.807) is 30.6 Å². The third-order valence-corrected chi connectivity index (χ3v) is 4.65. The summed E-state index contributed by atoms with van der Waals surface area (Å²) in [6, 6.07) is 8.91. The predicted octanol–water partition coefficient (Wildman–Crippen LogP) is 2.27. The second-order valence-corrected chi connectivity index (χ2v) is 6.53. The molecule has 140 valence electrons. The van der Waals surface area contributed by atoms with Gasteiger partial charge in [0.25, 0.3) is 5.91 Å². The van der Waals surface area contributed by atoms with Gasteiger partial charge in [-0.3, -0.25) is 9.36 Å². The number of nitrogens with one attached hydrogen (secondary N) is 1. The maximum absolute atomic E-state index is 12.4. The van der Waals surface area contributed by atoms with Crippen molar-refractivity contribution in [3.8, 4) is 0 Å². The summed E-state index contributed by atoms with van der Waals surface area (Å²) >= 11 is 0. The van der Waals surface area contributed by atoms with E-state index in [9.17, 15) is 4.79 Å². The van der Waals surface area contributed by atoms with E-state index in [0.717, 1.165) is 12.8 Å². The van der Waals surface area contributed by atoms with Gasteiger partial charge >= 0.3 is 0 Å². The minimum absolute atomic E-state index is 0.0776. The average Bonchev–Trinajstić information content (AvgIpc) is 3.34. The highest BCUT2D eigenvalue weighted by Gasteiger charge is 2.28. The summed E-state index contributed by atoms with van der Waals surface area (Å²) in [5.41, 5.74) is 1.63. The summed E-state index contributed by atoms with van der Waals surface area (Å²) in [6.45, 7) is 0.353. The minimum Gasteiger partial charge on any atom is -0.352 e. The molecule has 4 rings (SSSR count). The molecule has 1 aliphatic rings. The van der Waals surface area contributed by atoms with Crippen molar-refractivity contribution >= 4 is 31.9 Å². The molecule has 1 aliphatic heterocycles. The molecule has 0 radical (unpaired) electrons. The van der Waals surface area contributed by atoms with Gasteiger partial charge in [-0.15, -0.1) is 0 Å². The average molecular weight is 387 g/mol. The quantitative estimate of drug-likeness (QED) is 0.624. The van der Waals surface area contributed by atoms with E-state index in [0.29, 0.717) is 29.2 Å². The van der Waals surface area contributed by atoms with Gasteiger partial charge in [0, 0.05) is 5.56 Å². The Balaban J connectivity index is 1.55. The molecule has 3 heterocycles. The maximum Gasteiger partial charge on any atom is 0.256 e. The van der Waals surface area contributed by atoms with Gasteiger partial charge in [0.1, 0.15) is 12.6 Å². The van der Waals surface area contributed by atoms with Crippen LogP contribution in [-0.4, -0.2) is 43.0 Å². The highest BCUT2D eigenvalue weighted by Crippen LogP contribution is 2.32. The van der Waals surface area contributed by atoms with E-state index in [4.69, 9.17) is 14.2 Å².